The maximum Gasteiger partial charge on any atom is 0.00927 e. The Bertz CT molecular complexity index is 130. The van der Waals surface area contributed by atoms with Gasteiger partial charge in [0.15, 0.2) is 0 Å². The minimum absolute atomic E-state index is 0.752. The van der Waals surface area contributed by atoms with Gasteiger partial charge in [-0.25, -0.2) is 0 Å². The van der Waals surface area contributed by atoms with Crippen molar-refractivity contribution in [1.29, 1.82) is 0 Å². The van der Waals surface area contributed by atoms with E-state index in [1.165, 1.54) is 38.5 Å². The lowest BCUT2D eigenvalue weighted by molar-refractivity contribution is 0.263. The van der Waals surface area contributed by atoms with E-state index in [1.807, 2.05) is 0 Å². The summed E-state index contributed by atoms with van der Waals surface area (Å²) in [5.74, 6) is 0.937. The number of nitrogens with two attached hydrogens (primary N) is 1. The molecule has 1 atom stereocenters. The van der Waals surface area contributed by atoms with Crippen molar-refractivity contribution >= 4 is 0 Å². The first kappa shape index (κ1) is 12.0. The van der Waals surface area contributed by atoms with E-state index in [1.54, 1.807) is 0 Å². The summed E-state index contributed by atoms with van der Waals surface area (Å²) >= 11 is 0. The quantitative estimate of drug-likeness (QED) is 0.643. The van der Waals surface area contributed by atoms with Gasteiger partial charge < -0.3 is 11.1 Å². The van der Waals surface area contributed by atoms with E-state index in [0.717, 1.165) is 31.5 Å². The molecule has 0 saturated heterocycles. The van der Waals surface area contributed by atoms with E-state index in [9.17, 15) is 0 Å². The number of hydrogen-bond acceptors (Lipinski definition) is 2. The molecule has 1 saturated carbocycles. The van der Waals surface area contributed by atoms with Crippen molar-refractivity contribution in [2.45, 2.75) is 57.9 Å². The van der Waals surface area contributed by atoms with Gasteiger partial charge in [-0.15, -0.1) is 0 Å². The zero-order valence-corrected chi connectivity index (χ0v) is 9.60. The Morgan fingerprint density at radius 3 is 2.57 bits per heavy atom. The molecule has 2 nitrogen and oxygen atoms in total. The lowest BCUT2D eigenvalue weighted by Gasteiger charge is -2.30. The van der Waals surface area contributed by atoms with Gasteiger partial charge in [0.05, 0.1) is 0 Å². The van der Waals surface area contributed by atoms with Gasteiger partial charge in [0.25, 0.3) is 0 Å². The third-order valence-electron chi connectivity index (χ3n) is 3.45. The van der Waals surface area contributed by atoms with Crippen molar-refractivity contribution in [2.75, 3.05) is 13.1 Å². The van der Waals surface area contributed by atoms with Gasteiger partial charge in [-0.05, 0) is 44.7 Å². The fraction of sp³-hybridized carbons (Fsp3) is 1.00. The third kappa shape index (κ3) is 3.97. The minimum Gasteiger partial charge on any atom is -0.330 e. The highest BCUT2D eigenvalue weighted by Crippen LogP contribution is 2.27. The summed E-state index contributed by atoms with van der Waals surface area (Å²) in [6, 6.07) is 0.752. The highest BCUT2D eigenvalue weighted by molar-refractivity contribution is 4.78. The highest BCUT2D eigenvalue weighted by Gasteiger charge is 2.21. The first-order chi connectivity index (χ1) is 6.88. The topological polar surface area (TPSA) is 38.0 Å². The summed E-state index contributed by atoms with van der Waals surface area (Å²) < 4.78 is 0. The van der Waals surface area contributed by atoms with Gasteiger partial charge in [-0.3, -0.25) is 0 Å². The maximum absolute atomic E-state index is 5.49. The monoisotopic (exact) mass is 198 g/mol. The molecule has 14 heavy (non-hydrogen) atoms. The predicted octanol–water partition coefficient (Wildman–Crippen LogP) is 2.28. The Morgan fingerprint density at radius 1 is 1.29 bits per heavy atom. The van der Waals surface area contributed by atoms with Gasteiger partial charge in [-0.2, -0.15) is 0 Å². The van der Waals surface area contributed by atoms with Crippen molar-refractivity contribution in [2.24, 2.45) is 11.7 Å². The van der Waals surface area contributed by atoms with Crippen molar-refractivity contribution in [3.05, 3.63) is 0 Å². The zero-order valence-electron chi connectivity index (χ0n) is 9.60. The molecule has 84 valence electrons. The van der Waals surface area contributed by atoms with Crippen LogP contribution in [0.1, 0.15) is 51.9 Å². The van der Waals surface area contributed by atoms with E-state index in [4.69, 9.17) is 5.73 Å². The standard InChI is InChI=1S/C12H26N2/c1-2-12(14-10-6-9-13)11-7-4-3-5-8-11/h11-12,14H,2-10,13H2,1H3. The van der Waals surface area contributed by atoms with Crippen LogP contribution in [0, 0.1) is 5.92 Å². The summed E-state index contributed by atoms with van der Waals surface area (Å²) in [7, 11) is 0. The number of nitrogens with one attached hydrogen (secondary N) is 1. The summed E-state index contributed by atoms with van der Waals surface area (Å²) in [6.07, 6.45) is 9.61. The van der Waals surface area contributed by atoms with Crippen molar-refractivity contribution < 1.29 is 0 Å². The molecular formula is C12H26N2. The van der Waals surface area contributed by atoms with Gasteiger partial charge in [-0.1, -0.05) is 26.2 Å². The van der Waals surface area contributed by atoms with Crippen LogP contribution in [0.15, 0.2) is 0 Å². The van der Waals surface area contributed by atoms with Crippen molar-refractivity contribution in [3.8, 4) is 0 Å². The van der Waals surface area contributed by atoms with Crippen LogP contribution in [0.4, 0.5) is 0 Å². The predicted molar refractivity (Wildman–Crippen MR) is 62.3 cm³/mol. The first-order valence-electron chi connectivity index (χ1n) is 6.32. The zero-order chi connectivity index (χ0) is 10.2. The molecule has 0 aromatic heterocycles. The fourth-order valence-electron chi connectivity index (χ4n) is 2.57. The number of hydrogen-bond donors (Lipinski definition) is 2. The largest absolute Gasteiger partial charge is 0.330 e. The van der Waals surface area contributed by atoms with Gasteiger partial charge in [0, 0.05) is 6.04 Å². The first-order valence-corrected chi connectivity index (χ1v) is 6.32. The molecule has 1 fully saturated rings. The van der Waals surface area contributed by atoms with Crippen molar-refractivity contribution in [3.63, 3.8) is 0 Å². The summed E-state index contributed by atoms with van der Waals surface area (Å²) in [5.41, 5.74) is 5.49. The summed E-state index contributed by atoms with van der Waals surface area (Å²) in [6.45, 7) is 4.22. The molecule has 0 spiro atoms. The molecule has 0 heterocycles. The van der Waals surface area contributed by atoms with Crippen LogP contribution in [-0.2, 0) is 0 Å². The van der Waals surface area contributed by atoms with Crippen LogP contribution in [0.2, 0.25) is 0 Å². The van der Waals surface area contributed by atoms with Crippen LogP contribution >= 0.6 is 0 Å². The second kappa shape index (κ2) is 7.24. The van der Waals surface area contributed by atoms with Gasteiger partial charge in [0.1, 0.15) is 0 Å². The van der Waals surface area contributed by atoms with Crippen LogP contribution in [-0.4, -0.2) is 19.1 Å². The third-order valence-corrected chi connectivity index (χ3v) is 3.45. The molecule has 0 amide bonds. The molecule has 1 rings (SSSR count). The van der Waals surface area contributed by atoms with Crippen LogP contribution in [0.25, 0.3) is 0 Å². The maximum atomic E-state index is 5.49. The van der Waals surface area contributed by atoms with Crippen molar-refractivity contribution in [1.82, 2.24) is 5.32 Å². The molecule has 1 aliphatic carbocycles. The highest BCUT2D eigenvalue weighted by atomic mass is 14.9. The Labute approximate surface area is 88.6 Å². The van der Waals surface area contributed by atoms with Gasteiger partial charge >= 0.3 is 0 Å². The number of rotatable bonds is 6. The van der Waals surface area contributed by atoms with Crippen LogP contribution in [0.3, 0.4) is 0 Å². The Morgan fingerprint density at radius 2 is 2.00 bits per heavy atom. The van der Waals surface area contributed by atoms with E-state index >= 15 is 0 Å². The SMILES string of the molecule is CCC(NCCCN)C1CCCCC1. The van der Waals surface area contributed by atoms with E-state index in [0.29, 0.717) is 0 Å². The smallest absolute Gasteiger partial charge is 0.00927 e. The molecule has 0 aromatic rings. The van der Waals surface area contributed by atoms with E-state index < -0.39 is 0 Å². The molecule has 2 heteroatoms. The second-order valence-corrected chi connectivity index (χ2v) is 4.51. The Hall–Kier alpha value is -0.0800. The Kier molecular flexibility index (Phi) is 6.20. The lowest BCUT2D eigenvalue weighted by Crippen LogP contribution is -2.37. The molecule has 1 aliphatic rings. The van der Waals surface area contributed by atoms with Crippen LogP contribution < -0.4 is 11.1 Å². The minimum atomic E-state index is 0.752. The molecule has 0 bridgehead atoms. The van der Waals surface area contributed by atoms with Crippen LogP contribution in [0.5, 0.6) is 0 Å². The molecule has 0 radical (unpaired) electrons. The molecular weight excluding hydrogens is 172 g/mol. The lowest BCUT2D eigenvalue weighted by atomic mass is 9.83. The fourth-order valence-corrected chi connectivity index (χ4v) is 2.57. The summed E-state index contributed by atoms with van der Waals surface area (Å²) in [4.78, 5) is 0. The Balaban J connectivity index is 2.21. The molecule has 0 aliphatic heterocycles. The van der Waals surface area contributed by atoms with Gasteiger partial charge in [0.2, 0.25) is 0 Å². The molecule has 3 N–H and O–H groups in total. The summed E-state index contributed by atoms with van der Waals surface area (Å²) in [5, 5.41) is 3.66. The normalized spacial score (nSPS) is 21.0. The van der Waals surface area contributed by atoms with E-state index in [-0.39, 0.29) is 0 Å². The average molecular weight is 198 g/mol. The van der Waals surface area contributed by atoms with E-state index in [2.05, 4.69) is 12.2 Å². The molecule has 0 aromatic carbocycles. The second-order valence-electron chi connectivity index (χ2n) is 4.51. The average Bonchev–Trinajstić information content (AvgIpc) is 2.26. The molecule has 1 unspecified atom stereocenters.